The standard InChI is InChI=1S/C12H13F4NO2/c1-7(11(18)19-2)17-6-8-3-4-10(13)9(5-8)12(14,15)16/h3-5,7,17H,6H2,1-2H3/t7-/m0/s1. The zero-order valence-corrected chi connectivity index (χ0v) is 10.3. The number of halogens is 4. The fourth-order valence-electron chi connectivity index (χ4n) is 1.43. The van der Waals surface area contributed by atoms with Gasteiger partial charge < -0.3 is 10.1 Å². The predicted molar refractivity (Wildman–Crippen MR) is 59.7 cm³/mol. The van der Waals surface area contributed by atoms with Gasteiger partial charge in [-0.3, -0.25) is 4.79 Å². The lowest BCUT2D eigenvalue weighted by molar-refractivity contribution is -0.143. The molecule has 106 valence electrons. The van der Waals surface area contributed by atoms with E-state index in [0.717, 1.165) is 6.07 Å². The van der Waals surface area contributed by atoms with Gasteiger partial charge in [-0.15, -0.1) is 0 Å². The van der Waals surface area contributed by atoms with E-state index in [-0.39, 0.29) is 12.1 Å². The van der Waals surface area contributed by atoms with E-state index in [9.17, 15) is 22.4 Å². The van der Waals surface area contributed by atoms with Crippen LogP contribution in [0.5, 0.6) is 0 Å². The fraction of sp³-hybridized carbons (Fsp3) is 0.417. The highest BCUT2D eigenvalue weighted by molar-refractivity contribution is 5.75. The molecule has 0 aromatic heterocycles. The molecule has 1 N–H and O–H groups in total. The number of carbonyl (C=O) groups is 1. The third-order valence-corrected chi connectivity index (χ3v) is 2.50. The second kappa shape index (κ2) is 6.01. The molecule has 0 aliphatic rings. The number of esters is 1. The van der Waals surface area contributed by atoms with Gasteiger partial charge in [0.1, 0.15) is 11.9 Å². The van der Waals surface area contributed by atoms with Gasteiger partial charge in [0.05, 0.1) is 12.7 Å². The van der Waals surface area contributed by atoms with Crippen molar-refractivity contribution in [2.45, 2.75) is 25.7 Å². The van der Waals surface area contributed by atoms with E-state index in [1.54, 1.807) is 0 Å². The zero-order valence-electron chi connectivity index (χ0n) is 10.3. The van der Waals surface area contributed by atoms with Gasteiger partial charge in [-0.25, -0.2) is 4.39 Å². The molecule has 1 aromatic carbocycles. The number of alkyl halides is 3. The molecule has 3 nitrogen and oxygen atoms in total. The Balaban J connectivity index is 2.78. The Kier molecular flexibility index (Phi) is 4.88. The minimum Gasteiger partial charge on any atom is -0.468 e. The molecule has 0 amide bonds. The van der Waals surface area contributed by atoms with Crippen molar-refractivity contribution in [3.8, 4) is 0 Å². The maximum atomic E-state index is 13.0. The summed E-state index contributed by atoms with van der Waals surface area (Å²) < 4.78 is 54.9. The topological polar surface area (TPSA) is 38.3 Å². The van der Waals surface area contributed by atoms with Crippen LogP contribution in [0, 0.1) is 5.82 Å². The quantitative estimate of drug-likeness (QED) is 0.680. The van der Waals surface area contributed by atoms with Crippen LogP contribution in [0.25, 0.3) is 0 Å². The molecule has 0 heterocycles. The van der Waals surface area contributed by atoms with Gasteiger partial charge in [-0.2, -0.15) is 13.2 Å². The van der Waals surface area contributed by atoms with Crippen molar-refractivity contribution >= 4 is 5.97 Å². The molecule has 1 aromatic rings. The van der Waals surface area contributed by atoms with Gasteiger partial charge in [-0.1, -0.05) is 6.07 Å². The lowest BCUT2D eigenvalue weighted by Gasteiger charge is -2.13. The van der Waals surface area contributed by atoms with Crippen molar-refractivity contribution in [3.63, 3.8) is 0 Å². The molecule has 0 saturated carbocycles. The summed E-state index contributed by atoms with van der Waals surface area (Å²) in [6.07, 6.45) is -4.74. The third kappa shape index (κ3) is 4.20. The largest absolute Gasteiger partial charge is 0.468 e. The Bertz CT molecular complexity index is 460. The Hall–Kier alpha value is -1.63. The van der Waals surface area contributed by atoms with E-state index >= 15 is 0 Å². The Labute approximate surface area is 107 Å². The molecule has 1 atom stereocenters. The van der Waals surface area contributed by atoms with E-state index in [1.807, 2.05) is 0 Å². The van der Waals surface area contributed by atoms with Crippen LogP contribution in [0.15, 0.2) is 18.2 Å². The van der Waals surface area contributed by atoms with Crippen LogP contribution in [0.1, 0.15) is 18.1 Å². The highest BCUT2D eigenvalue weighted by atomic mass is 19.4. The first-order valence-corrected chi connectivity index (χ1v) is 5.42. The van der Waals surface area contributed by atoms with Gasteiger partial charge in [0.2, 0.25) is 0 Å². The molecule has 0 aliphatic carbocycles. The molecular formula is C12H13F4NO2. The SMILES string of the molecule is COC(=O)[C@H](C)NCc1ccc(F)c(C(F)(F)F)c1. The first-order valence-electron chi connectivity index (χ1n) is 5.42. The smallest absolute Gasteiger partial charge is 0.419 e. The van der Waals surface area contributed by atoms with Gasteiger partial charge in [-0.05, 0) is 24.6 Å². The summed E-state index contributed by atoms with van der Waals surface area (Å²) in [7, 11) is 1.21. The number of benzene rings is 1. The summed E-state index contributed by atoms with van der Waals surface area (Å²) in [6, 6.07) is 2.03. The Morgan fingerprint density at radius 3 is 2.58 bits per heavy atom. The number of hydrogen-bond acceptors (Lipinski definition) is 3. The van der Waals surface area contributed by atoms with Crippen molar-refractivity contribution in [1.29, 1.82) is 0 Å². The van der Waals surface area contributed by atoms with Crippen LogP contribution in [0.3, 0.4) is 0 Å². The second-order valence-electron chi connectivity index (χ2n) is 3.94. The normalized spacial score (nSPS) is 13.2. The number of hydrogen-bond donors (Lipinski definition) is 1. The summed E-state index contributed by atoms with van der Waals surface area (Å²) in [5, 5.41) is 2.68. The maximum absolute atomic E-state index is 13.0. The van der Waals surface area contributed by atoms with Crippen LogP contribution < -0.4 is 5.32 Å². The molecule has 1 rings (SSSR count). The van der Waals surface area contributed by atoms with Crippen molar-refractivity contribution in [2.24, 2.45) is 0 Å². The molecule has 7 heteroatoms. The van der Waals surface area contributed by atoms with Gasteiger partial charge in [0, 0.05) is 6.54 Å². The van der Waals surface area contributed by atoms with Crippen LogP contribution in [-0.4, -0.2) is 19.1 Å². The van der Waals surface area contributed by atoms with E-state index in [0.29, 0.717) is 6.07 Å². The summed E-state index contributed by atoms with van der Waals surface area (Å²) >= 11 is 0. The highest BCUT2D eigenvalue weighted by Gasteiger charge is 2.34. The van der Waals surface area contributed by atoms with Crippen molar-refractivity contribution < 1.29 is 27.1 Å². The summed E-state index contributed by atoms with van der Waals surface area (Å²) in [6.45, 7) is 1.51. The highest BCUT2D eigenvalue weighted by Crippen LogP contribution is 2.31. The molecule has 19 heavy (non-hydrogen) atoms. The second-order valence-corrected chi connectivity index (χ2v) is 3.94. The van der Waals surface area contributed by atoms with Gasteiger partial charge >= 0.3 is 12.1 Å². The van der Waals surface area contributed by atoms with E-state index < -0.39 is 29.6 Å². The predicted octanol–water partition coefficient (Wildman–Crippen LogP) is 2.50. The van der Waals surface area contributed by atoms with E-state index in [4.69, 9.17) is 0 Å². The van der Waals surface area contributed by atoms with Crippen LogP contribution in [0.4, 0.5) is 17.6 Å². The minimum absolute atomic E-state index is 0.000370. The molecule has 0 bridgehead atoms. The molecule has 0 aliphatic heterocycles. The minimum atomic E-state index is -4.74. The molecule has 0 unspecified atom stereocenters. The maximum Gasteiger partial charge on any atom is 0.419 e. The number of methoxy groups -OCH3 is 1. The van der Waals surface area contributed by atoms with Crippen molar-refractivity contribution in [3.05, 3.63) is 35.1 Å². The fourth-order valence-corrected chi connectivity index (χ4v) is 1.43. The first-order chi connectivity index (χ1) is 8.75. The molecule has 0 fully saturated rings. The number of carbonyl (C=O) groups excluding carboxylic acids is 1. The van der Waals surface area contributed by atoms with Crippen molar-refractivity contribution in [1.82, 2.24) is 5.32 Å². The number of nitrogens with one attached hydrogen (secondary N) is 1. The van der Waals surface area contributed by atoms with Crippen LogP contribution in [0.2, 0.25) is 0 Å². The lowest BCUT2D eigenvalue weighted by atomic mass is 10.1. The van der Waals surface area contributed by atoms with Crippen molar-refractivity contribution in [2.75, 3.05) is 7.11 Å². The molecule has 0 saturated heterocycles. The molecule has 0 radical (unpaired) electrons. The third-order valence-electron chi connectivity index (χ3n) is 2.50. The van der Waals surface area contributed by atoms with E-state index in [1.165, 1.54) is 20.1 Å². The first kappa shape index (κ1) is 15.4. The average molecular weight is 279 g/mol. The molecule has 0 spiro atoms. The van der Waals surface area contributed by atoms with Crippen LogP contribution in [-0.2, 0) is 22.3 Å². The summed E-state index contributed by atoms with van der Waals surface area (Å²) in [4.78, 5) is 11.1. The molecular weight excluding hydrogens is 266 g/mol. The number of rotatable bonds is 4. The van der Waals surface area contributed by atoms with Gasteiger partial charge in [0.25, 0.3) is 0 Å². The van der Waals surface area contributed by atoms with E-state index in [2.05, 4.69) is 10.1 Å². The van der Waals surface area contributed by atoms with Gasteiger partial charge in [0.15, 0.2) is 0 Å². The summed E-state index contributed by atoms with van der Waals surface area (Å²) in [5.41, 5.74) is -1.10. The average Bonchev–Trinajstić information content (AvgIpc) is 2.35. The number of ether oxygens (including phenoxy) is 1. The summed E-state index contributed by atoms with van der Waals surface area (Å²) in [5.74, 6) is -1.85. The zero-order chi connectivity index (χ0) is 14.6. The Morgan fingerprint density at radius 1 is 1.42 bits per heavy atom. The lowest BCUT2D eigenvalue weighted by Crippen LogP contribution is -2.34. The monoisotopic (exact) mass is 279 g/mol. The Morgan fingerprint density at radius 2 is 2.05 bits per heavy atom. The van der Waals surface area contributed by atoms with Crippen LogP contribution >= 0.6 is 0 Å².